The number of nitrogens with zero attached hydrogens (tertiary/aromatic N) is 3. The van der Waals surface area contributed by atoms with Crippen molar-refractivity contribution in [3.63, 3.8) is 0 Å². The summed E-state index contributed by atoms with van der Waals surface area (Å²) in [6, 6.07) is 10.9. The molecule has 182 valence electrons. The van der Waals surface area contributed by atoms with E-state index < -0.39 is 26.7 Å². The number of halogens is 1. The molecule has 4 rings (SSSR count). The van der Waals surface area contributed by atoms with Crippen molar-refractivity contribution < 1.29 is 18.3 Å². The number of aliphatic carboxylic acids is 1. The summed E-state index contributed by atoms with van der Waals surface area (Å²) in [5.74, 6) is -1.39. The molecule has 2 N–H and O–H groups in total. The van der Waals surface area contributed by atoms with Gasteiger partial charge in [-0.05, 0) is 54.7 Å². The number of rotatable bonds is 8. The number of carboxylic acids is 1. The lowest BCUT2D eigenvalue weighted by molar-refractivity contribution is -0.137. The molecule has 1 unspecified atom stereocenters. The van der Waals surface area contributed by atoms with E-state index in [4.69, 9.17) is 11.6 Å². The Kier molecular flexibility index (Phi) is 6.98. The third-order valence-electron chi connectivity index (χ3n) is 6.90. The first-order valence-electron chi connectivity index (χ1n) is 11.4. The van der Waals surface area contributed by atoms with Crippen LogP contribution in [0.2, 0.25) is 5.02 Å². The van der Waals surface area contributed by atoms with E-state index in [-0.39, 0.29) is 13.0 Å². The summed E-state index contributed by atoms with van der Waals surface area (Å²) < 4.78 is 29.7. The van der Waals surface area contributed by atoms with E-state index in [1.807, 2.05) is 18.2 Å². The zero-order valence-corrected chi connectivity index (χ0v) is 20.9. The van der Waals surface area contributed by atoms with Crippen LogP contribution >= 0.6 is 11.6 Å². The Morgan fingerprint density at radius 2 is 1.85 bits per heavy atom. The van der Waals surface area contributed by atoms with Crippen LogP contribution in [-0.4, -0.2) is 39.2 Å². The lowest BCUT2D eigenvalue weighted by Gasteiger charge is -2.33. The molecule has 1 aromatic heterocycles. The van der Waals surface area contributed by atoms with E-state index in [1.54, 1.807) is 36.9 Å². The quantitative estimate of drug-likeness (QED) is 0.470. The minimum atomic E-state index is -3.54. The highest BCUT2D eigenvalue weighted by Crippen LogP contribution is 2.35. The van der Waals surface area contributed by atoms with E-state index in [0.29, 0.717) is 28.9 Å². The Labute approximate surface area is 204 Å². The lowest BCUT2D eigenvalue weighted by Crippen LogP contribution is -2.45. The van der Waals surface area contributed by atoms with Gasteiger partial charge in [0.05, 0.1) is 16.7 Å². The molecule has 0 spiro atoms. The van der Waals surface area contributed by atoms with Crippen molar-refractivity contribution in [3.05, 3.63) is 58.1 Å². The van der Waals surface area contributed by atoms with Crippen molar-refractivity contribution in [1.29, 1.82) is 0 Å². The summed E-state index contributed by atoms with van der Waals surface area (Å²) in [7, 11) is -1.75. The van der Waals surface area contributed by atoms with Gasteiger partial charge < -0.3 is 5.11 Å². The van der Waals surface area contributed by atoms with Gasteiger partial charge in [-0.15, -0.1) is 5.10 Å². The number of hydrogen-bond donors (Lipinski definition) is 2. The van der Waals surface area contributed by atoms with E-state index >= 15 is 0 Å². The molecule has 10 heteroatoms. The van der Waals surface area contributed by atoms with Gasteiger partial charge in [0.2, 0.25) is 10.0 Å². The van der Waals surface area contributed by atoms with E-state index in [2.05, 4.69) is 15.0 Å². The highest BCUT2D eigenvalue weighted by Gasteiger charge is 2.39. The minimum absolute atomic E-state index is 0.0492. The number of carbonyl (C=O) groups is 1. The molecule has 1 heterocycles. The maximum atomic E-state index is 13.1. The van der Waals surface area contributed by atoms with Crippen molar-refractivity contribution in [2.45, 2.75) is 62.7 Å². The molecule has 1 saturated carbocycles. The second kappa shape index (κ2) is 9.64. The highest BCUT2D eigenvalue weighted by molar-refractivity contribution is 7.90. The molecular weight excluding hydrogens is 476 g/mol. The van der Waals surface area contributed by atoms with Crippen molar-refractivity contribution in [2.75, 3.05) is 0 Å². The van der Waals surface area contributed by atoms with Gasteiger partial charge in [0.15, 0.2) is 0 Å². The first-order valence-corrected chi connectivity index (χ1v) is 13.2. The van der Waals surface area contributed by atoms with Crippen molar-refractivity contribution >= 4 is 38.6 Å². The SMILES string of the molecule is Cn1nnc2cc(C(CC(=O)O)c3ccc(Cl)c(CNS(=O)(=O)C4(C)CCCCC4)c3)ccc21. The monoisotopic (exact) mass is 504 g/mol. The number of sulfonamides is 1. The van der Waals surface area contributed by atoms with Crippen molar-refractivity contribution in [3.8, 4) is 0 Å². The lowest BCUT2D eigenvalue weighted by atomic mass is 9.87. The Morgan fingerprint density at radius 1 is 1.18 bits per heavy atom. The molecule has 1 atom stereocenters. The second-order valence-electron chi connectivity index (χ2n) is 9.30. The molecule has 1 fully saturated rings. The van der Waals surface area contributed by atoms with Crippen LogP contribution in [0, 0.1) is 0 Å². The number of benzene rings is 2. The molecule has 3 aromatic rings. The molecule has 34 heavy (non-hydrogen) atoms. The van der Waals surface area contributed by atoms with Gasteiger partial charge in [-0.25, -0.2) is 17.8 Å². The number of hydrogen-bond acceptors (Lipinski definition) is 5. The van der Waals surface area contributed by atoms with E-state index in [9.17, 15) is 18.3 Å². The Balaban J connectivity index is 1.63. The number of fused-ring (bicyclic) bond motifs is 1. The topological polar surface area (TPSA) is 114 Å². The molecule has 2 aromatic carbocycles. The summed E-state index contributed by atoms with van der Waals surface area (Å²) >= 11 is 6.41. The summed E-state index contributed by atoms with van der Waals surface area (Å²) in [6.45, 7) is 1.85. The van der Waals surface area contributed by atoms with Crippen LogP contribution in [0.3, 0.4) is 0 Å². The number of aromatic nitrogens is 3. The Morgan fingerprint density at radius 3 is 2.56 bits per heavy atom. The van der Waals surface area contributed by atoms with Crippen LogP contribution < -0.4 is 4.72 Å². The van der Waals surface area contributed by atoms with Gasteiger partial charge in [0.25, 0.3) is 0 Å². The van der Waals surface area contributed by atoms with Crippen molar-refractivity contribution in [2.24, 2.45) is 7.05 Å². The predicted molar refractivity (Wildman–Crippen MR) is 131 cm³/mol. The fourth-order valence-electron chi connectivity index (χ4n) is 4.74. The first kappa shape index (κ1) is 24.6. The third kappa shape index (κ3) is 4.96. The summed E-state index contributed by atoms with van der Waals surface area (Å²) in [4.78, 5) is 11.7. The zero-order chi connectivity index (χ0) is 24.5. The summed E-state index contributed by atoms with van der Waals surface area (Å²) in [6.07, 6.45) is 4.02. The van der Waals surface area contributed by atoms with Gasteiger partial charge >= 0.3 is 5.97 Å². The van der Waals surface area contributed by atoms with Gasteiger partial charge in [0.1, 0.15) is 5.52 Å². The predicted octanol–water partition coefficient (Wildman–Crippen LogP) is 4.37. The van der Waals surface area contributed by atoms with Crippen LogP contribution in [0.4, 0.5) is 0 Å². The number of aryl methyl sites for hydroxylation is 1. The fourth-order valence-corrected chi connectivity index (χ4v) is 6.44. The van der Waals surface area contributed by atoms with Gasteiger partial charge in [-0.2, -0.15) is 0 Å². The van der Waals surface area contributed by atoms with Crippen LogP contribution in [0.5, 0.6) is 0 Å². The molecule has 1 aliphatic carbocycles. The molecule has 0 aliphatic heterocycles. The maximum Gasteiger partial charge on any atom is 0.304 e. The zero-order valence-electron chi connectivity index (χ0n) is 19.3. The molecular formula is C24H29ClN4O4S. The van der Waals surface area contributed by atoms with Gasteiger partial charge in [0, 0.05) is 24.5 Å². The Bertz CT molecular complexity index is 1320. The van der Waals surface area contributed by atoms with Crippen LogP contribution in [0.25, 0.3) is 11.0 Å². The molecule has 0 amide bonds. The van der Waals surface area contributed by atoms with Gasteiger partial charge in [-0.3, -0.25) is 4.79 Å². The molecule has 8 nitrogen and oxygen atoms in total. The Hall–Kier alpha value is -2.49. The van der Waals surface area contributed by atoms with Crippen molar-refractivity contribution in [1.82, 2.24) is 19.7 Å². The minimum Gasteiger partial charge on any atom is -0.481 e. The third-order valence-corrected chi connectivity index (χ3v) is 9.50. The molecule has 0 bridgehead atoms. The average molecular weight is 505 g/mol. The smallest absolute Gasteiger partial charge is 0.304 e. The molecule has 1 aliphatic rings. The van der Waals surface area contributed by atoms with Crippen LogP contribution in [0.1, 0.15) is 68.1 Å². The standard InChI is InChI=1S/C24H29ClN4O4S/c1-24(10-4-3-5-11-24)34(32,33)26-15-18-12-16(6-8-20(18)25)19(14-23(30)31)17-7-9-22-21(13-17)27-28-29(22)2/h6-9,12-13,19,26H,3-5,10-11,14-15H2,1-2H3,(H,30,31). The van der Waals surface area contributed by atoms with Crippen LogP contribution in [0.15, 0.2) is 36.4 Å². The van der Waals surface area contributed by atoms with E-state index in [1.165, 1.54) is 0 Å². The fraction of sp³-hybridized carbons (Fsp3) is 0.458. The second-order valence-corrected chi connectivity index (χ2v) is 12.0. The number of carboxylic acid groups (broad SMARTS) is 1. The summed E-state index contributed by atoms with van der Waals surface area (Å²) in [5.41, 5.74) is 3.67. The molecule has 0 radical (unpaired) electrons. The van der Waals surface area contributed by atoms with E-state index in [0.717, 1.165) is 35.9 Å². The molecule has 0 saturated heterocycles. The highest BCUT2D eigenvalue weighted by atomic mass is 35.5. The van der Waals surface area contributed by atoms with Gasteiger partial charge in [-0.1, -0.05) is 54.3 Å². The van der Waals surface area contributed by atoms with Crippen LogP contribution in [-0.2, 0) is 28.4 Å². The largest absolute Gasteiger partial charge is 0.481 e. The average Bonchev–Trinajstić information content (AvgIpc) is 3.17. The summed E-state index contributed by atoms with van der Waals surface area (Å²) in [5, 5.41) is 18.2. The first-order chi connectivity index (χ1) is 16.1. The normalized spacial score (nSPS) is 17.0. The number of nitrogens with one attached hydrogen (secondary N) is 1. The maximum absolute atomic E-state index is 13.1.